The zero-order chi connectivity index (χ0) is 24.4. The molecule has 3 rings (SSSR count). The van der Waals surface area contributed by atoms with Crippen LogP contribution in [-0.2, 0) is 33.9 Å². The number of β-lactam (4-membered cyclic amide) rings is 1. The fourth-order valence-corrected chi connectivity index (χ4v) is 5.26. The van der Waals surface area contributed by atoms with Gasteiger partial charge >= 0.3 is 5.97 Å². The number of hydrogen-bond acceptors (Lipinski definition) is 7. The van der Waals surface area contributed by atoms with Crippen LogP contribution in [0.2, 0.25) is 5.02 Å². The molecular formula is C21H20Cl2N2O7S. The van der Waals surface area contributed by atoms with Crippen LogP contribution in [0.4, 0.5) is 0 Å². The quantitative estimate of drug-likeness (QED) is 0.130. The van der Waals surface area contributed by atoms with Gasteiger partial charge in [-0.05, 0) is 53.9 Å². The first-order chi connectivity index (χ1) is 15.5. The van der Waals surface area contributed by atoms with Crippen molar-refractivity contribution in [1.82, 2.24) is 9.80 Å². The van der Waals surface area contributed by atoms with Gasteiger partial charge < -0.3 is 9.64 Å². The van der Waals surface area contributed by atoms with E-state index in [-0.39, 0.29) is 24.0 Å². The van der Waals surface area contributed by atoms with Crippen molar-refractivity contribution in [3.63, 3.8) is 0 Å². The molecule has 3 amide bonds. The number of rotatable bonds is 8. The number of halogens is 2. The zero-order valence-electron chi connectivity index (χ0n) is 17.5. The minimum atomic E-state index is -2.23. The van der Waals surface area contributed by atoms with Crippen molar-refractivity contribution in [1.29, 1.82) is 0 Å². The number of ketones is 1. The molecule has 2 saturated heterocycles. The van der Waals surface area contributed by atoms with Crippen molar-refractivity contribution in [2.75, 3.05) is 6.61 Å². The Kier molecular flexibility index (Phi) is 7.71. The maximum absolute atomic E-state index is 13.0. The van der Waals surface area contributed by atoms with Gasteiger partial charge in [0.2, 0.25) is 11.8 Å². The van der Waals surface area contributed by atoms with E-state index in [1.54, 1.807) is 0 Å². The molecule has 0 aromatic heterocycles. The number of likely N-dealkylation sites (tertiary alicyclic amines) is 2. The number of hydrogen-bond donors (Lipinski definition) is 0. The van der Waals surface area contributed by atoms with Crippen molar-refractivity contribution in [2.24, 2.45) is 0 Å². The normalized spacial score (nSPS) is 22.5. The number of Topliss-reactive ketones (excluding diaryl/α,β-unsaturated/α-hetero) is 1. The number of piperidine rings is 1. The number of benzene rings is 1. The summed E-state index contributed by atoms with van der Waals surface area (Å²) in [6, 6.07) is 3.17. The maximum atomic E-state index is 13.0. The average molecular weight is 515 g/mol. The molecule has 33 heavy (non-hydrogen) atoms. The first-order valence-corrected chi connectivity index (χ1v) is 12.3. The van der Waals surface area contributed by atoms with Crippen LogP contribution in [-0.4, -0.2) is 67.5 Å². The Balaban J connectivity index is 1.77. The fraction of sp³-hybridized carbons (Fsp3) is 0.381. The third kappa shape index (κ3) is 5.02. The molecule has 2 aliphatic rings. The second-order valence-electron chi connectivity index (χ2n) is 7.63. The lowest BCUT2D eigenvalue weighted by molar-refractivity contribution is -0.174. The SMILES string of the molecule is C=C(C)C(C(=O)OCC(=O)c1ccc(Cl)cc1)N1C(=O)C(N2C(=O)CCCC2=O)C1S(=O)Cl. The van der Waals surface area contributed by atoms with Crippen LogP contribution in [0.25, 0.3) is 0 Å². The molecule has 1 aromatic carbocycles. The summed E-state index contributed by atoms with van der Waals surface area (Å²) in [5.74, 6) is -3.42. The lowest BCUT2D eigenvalue weighted by Gasteiger charge is -2.51. The van der Waals surface area contributed by atoms with Crippen LogP contribution in [0.15, 0.2) is 36.4 Å². The molecule has 4 atom stereocenters. The van der Waals surface area contributed by atoms with E-state index in [2.05, 4.69) is 6.58 Å². The highest BCUT2D eigenvalue weighted by Crippen LogP contribution is 2.35. The number of nitrogens with zero attached hydrogens (tertiary/aromatic N) is 2. The number of imide groups is 1. The van der Waals surface area contributed by atoms with E-state index in [1.165, 1.54) is 31.2 Å². The highest BCUT2D eigenvalue weighted by atomic mass is 35.7. The van der Waals surface area contributed by atoms with Gasteiger partial charge in [0.15, 0.2) is 29.8 Å². The Morgan fingerprint density at radius 3 is 2.27 bits per heavy atom. The first kappa shape index (κ1) is 25.1. The summed E-state index contributed by atoms with van der Waals surface area (Å²) in [6.07, 6.45) is 0.488. The highest BCUT2D eigenvalue weighted by molar-refractivity contribution is 8.08. The molecule has 9 nitrogen and oxygen atoms in total. The molecule has 176 valence electrons. The van der Waals surface area contributed by atoms with Crippen molar-refractivity contribution < 1.29 is 32.9 Å². The van der Waals surface area contributed by atoms with E-state index in [0.29, 0.717) is 11.4 Å². The van der Waals surface area contributed by atoms with Gasteiger partial charge in [0.1, 0.15) is 10.0 Å². The monoisotopic (exact) mass is 514 g/mol. The predicted octanol–water partition coefficient (Wildman–Crippen LogP) is 1.99. The second-order valence-corrected chi connectivity index (χ2v) is 9.96. The molecule has 1 aromatic rings. The van der Waals surface area contributed by atoms with Gasteiger partial charge in [-0.2, -0.15) is 0 Å². The van der Waals surface area contributed by atoms with Crippen LogP contribution in [0.3, 0.4) is 0 Å². The Labute approximate surface area is 201 Å². The van der Waals surface area contributed by atoms with E-state index in [1.807, 2.05) is 0 Å². The molecule has 2 aliphatic heterocycles. The maximum Gasteiger partial charge on any atom is 0.333 e. The number of ether oxygens (including phenoxy) is 1. The van der Waals surface area contributed by atoms with Crippen LogP contribution >= 0.6 is 22.3 Å². The molecule has 2 fully saturated rings. The van der Waals surface area contributed by atoms with Crippen molar-refractivity contribution in [3.8, 4) is 0 Å². The smallest absolute Gasteiger partial charge is 0.333 e. The molecule has 0 bridgehead atoms. The lowest BCUT2D eigenvalue weighted by atomic mass is 9.95. The summed E-state index contributed by atoms with van der Waals surface area (Å²) in [6.45, 7) is 4.51. The molecule has 0 spiro atoms. The van der Waals surface area contributed by atoms with Crippen LogP contribution in [0.1, 0.15) is 36.5 Å². The summed E-state index contributed by atoms with van der Waals surface area (Å²) < 4.78 is 17.4. The van der Waals surface area contributed by atoms with E-state index in [0.717, 1.165) is 9.80 Å². The van der Waals surface area contributed by atoms with Crippen LogP contribution < -0.4 is 0 Å². The van der Waals surface area contributed by atoms with E-state index >= 15 is 0 Å². The second kappa shape index (κ2) is 10.1. The number of amides is 3. The third-order valence-electron chi connectivity index (χ3n) is 5.32. The minimum Gasteiger partial charge on any atom is -0.455 e. The largest absolute Gasteiger partial charge is 0.455 e. The van der Waals surface area contributed by atoms with Crippen molar-refractivity contribution in [3.05, 3.63) is 47.0 Å². The Morgan fingerprint density at radius 1 is 1.18 bits per heavy atom. The van der Waals surface area contributed by atoms with E-state index < -0.39 is 63.6 Å². The molecule has 0 saturated carbocycles. The topological polar surface area (TPSA) is 118 Å². The number of carbonyl (C=O) groups excluding carboxylic acids is 5. The van der Waals surface area contributed by atoms with E-state index in [9.17, 15) is 28.2 Å². The molecule has 0 aliphatic carbocycles. The van der Waals surface area contributed by atoms with Crippen molar-refractivity contribution >= 4 is 61.8 Å². The van der Waals surface area contributed by atoms with Gasteiger partial charge in [0.05, 0.1) is 0 Å². The first-order valence-electron chi connectivity index (χ1n) is 9.89. The number of esters is 1. The summed E-state index contributed by atoms with van der Waals surface area (Å²) in [5, 5.41) is -0.895. The minimum absolute atomic E-state index is 0.0654. The summed E-state index contributed by atoms with van der Waals surface area (Å²) in [4.78, 5) is 64.3. The lowest BCUT2D eigenvalue weighted by Crippen LogP contribution is -2.76. The highest BCUT2D eigenvalue weighted by Gasteiger charge is 2.60. The molecule has 2 heterocycles. The number of carbonyl (C=O) groups is 5. The summed E-state index contributed by atoms with van der Waals surface area (Å²) >= 11 is 5.79. The molecular weight excluding hydrogens is 495 g/mol. The van der Waals surface area contributed by atoms with Gasteiger partial charge in [-0.15, -0.1) is 0 Å². The van der Waals surface area contributed by atoms with Crippen LogP contribution in [0, 0.1) is 0 Å². The molecule has 12 heteroatoms. The van der Waals surface area contributed by atoms with Crippen LogP contribution in [0.5, 0.6) is 0 Å². The molecule has 0 N–H and O–H groups in total. The summed E-state index contributed by atoms with van der Waals surface area (Å²) in [7, 11) is 3.57. The van der Waals surface area contributed by atoms with Gasteiger partial charge in [0, 0.05) is 23.4 Å². The molecule has 4 unspecified atom stereocenters. The van der Waals surface area contributed by atoms with Gasteiger partial charge in [0.25, 0.3) is 5.91 Å². The third-order valence-corrected chi connectivity index (χ3v) is 6.98. The zero-order valence-corrected chi connectivity index (χ0v) is 19.8. The molecule has 0 radical (unpaired) electrons. The fourth-order valence-electron chi connectivity index (χ4n) is 3.74. The van der Waals surface area contributed by atoms with Gasteiger partial charge in [-0.25, -0.2) is 9.00 Å². The Hall–Kier alpha value is -2.56. The summed E-state index contributed by atoms with van der Waals surface area (Å²) in [5.41, 5.74) is 0.426. The Bertz CT molecular complexity index is 1040. The average Bonchev–Trinajstić information content (AvgIpc) is 2.75. The standard InChI is InChI=1S/C21H20Cl2N2O7S/c1-11(2)17(21(30)32-10-14(26)12-6-8-13(22)9-7-12)25-19(29)18(20(25)33(23)31)24-15(27)4-3-5-16(24)28/h6-9,17-18,20H,1,3-5,10H2,2H3. The van der Waals surface area contributed by atoms with Gasteiger partial charge in [-0.1, -0.05) is 18.2 Å². The van der Waals surface area contributed by atoms with Crippen molar-refractivity contribution in [2.45, 2.75) is 43.6 Å². The van der Waals surface area contributed by atoms with E-state index in [4.69, 9.17) is 27.0 Å². The Morgan fingerprint density at radius 2 is 1.76 bits per heavy atom. The van der Waals surface area contributed by atoms with Gasteiger partial charge in [-0.3, -0.25) is 24.1 Å². The predicted molar refractivity (Wildman–Crippen MR) is 119 cm³/mol.